The van der Waals surface area contributed by atoms with Crippen LogP contribution in [0.25, 0.3) is 0 Å². The Morgan fingerprint density at radius 1 is 1.24 bits per heavy atom. The van der Waals surface area contributed by atoms with Gasteiger partial charge in [0.1, 0.15) is 11.5 Å². The van der Waals surface area contributed by atoms with Crippen LogP contribution in [0.4, 0.5) is 0 Å². The molecule has 4 heteroatoms. The molecule has 0 atom stereocenters. The summed E-state index contributed by atoms with van der Waals surface area (Å²) in [7, 11) is 0. The van der Waals surface area contributed by atoms with Crippen LogP contribution in [0.3, 0.4) is 0 Å². The van der Waals surface area contributed by atoms with Gasteiger partial charge >= 0.3 is 0 Å². The van der Waals surface area contributed by atoms with Crippen molar-refractivity contribution in [2.75, 3.05) is 0 Å². The first-order chi connectivity index (χ1) is 8.15. The van der Waals surface area contributed by atoms with E-state index in [0.29, 0.717) is 12.1 Å². The first-order valence-corrected chi connectivity index (χ1v) is 5.72. The molecule has 1 heterocycles. The Hall–Kier alpha value is -1.68. The van der Waals surface area contributed by atoms with Gasteiger partial charge in [0.15, 0.2) is 0 Å². The monoisotopic (exact) mass is 247 g/mol. The summed E-state index contributed by atoms with van der Waals surface area (Å²) >= 11 is 4.17. The lowest BCUT2D eigenvalue weighted by Gasteiger charge is -2.03. The Morgan fingerprint density at radius 2 is 1.94 bits per heavy atom. The maximum Gasteiger partial charge on any atom is 0.251 e. The van der Waals surface area contributed by atoms with E-state index in [1.54, 1.807) is 24.3 Å². The highest BCUT2D eigenvalue weighted by Crippen LogP contribution is 2.09. The molecule has 0 aliphatic rings. The number of carbonyl (C=O) groups excluding carboxylic acids is 1. The Morgan fingerprint density at radius 3 is 2.53 bits per heavy atom. The second kappa shape index (κ2) is 5.10. The summed E-state index contributed by atoms with van der Waals surface area (Å²) in [5.41, 5.74) is 0.617. The zero-order valence-electron chi connectivity index (χ0n) is 9.43. The van der Waals surface area contributed by atoms with Crippen LogP contribution in [-0.2, 0) is 6.54 Å². The number of nitrogens with one attached hydrogen (secondary N) is 1. The molecule has 1 aromatic carbocycles. The summed E-state index contributed by atoms with van der Waals surface area (Å²) in [5, 5.41) is 2.79. The fourth-order valence-corrected chi connectivity index (χ4v) is 1.61. The van der Waals surface area contributed by atoms with Crippen molar-refractivity contribution in [1.82, 2.24) is 5.32 Å². The molecule has 88 valence electrons. The molecule has 1 amide bonds. The van der Waals surface area contributed by atoms with Crippen LogP contribution in [0.2, 0.25) is 0 Å². The topological polar surface area (TPSA) is 42.2 Å². The highest BCUT2D eigenvalue weighted by molar-refractivity contribution is 7.80. The molecule has 0 fully saturated rings. The summed E-state index contributed by atoms with van der Waals surface area (Å²) in [6.45, 7) is 2.27. The number of furan rings is 1. The van der Waals surface area contributed by atoms with Crippen LogP contribution in [0.5, 0.6) is 0 Å². The molecule has 1 aromatic heterocycles. The number of rotatable bonds is 3. The molecule has 0 aliphatic heterocycles. The first-order valence-electron chi connectivity index (χ1n) is 5.28. The van der Waals surface area contributed by atoms with Gasteiger partial charge in [0.05, 0.1) is 6.54 Å². The molecule has 0 radical (unpaired) electrons. The summed E-state index contributed by atoms with van der Waals surface area (Å²) < 4.78 is 5.36. The standard InChI is InChI=1S/C13H13NO2S/c1-9-2-5-11(16-9)8-14-13(15)10-3-6-12(17)7-4-10/h2-7,17H,8H2,1H3,(H,14,15). The van der Waals surface area contributed by atoms with Crippen molar-refractivity contribution in [3.63, 3.8) is 0 Å². The van der Waals surface area contributed by atoms with Gasteiger partial charge in [-0.15, -0.1) is 12.6 Å². The van der Waals surface area contributed by atoms with Gasteiger partial charge in [-0.3, -0.25) is 4.79 Å². The van der Waals surface area contributed by atoms with E-state index in [2.05, 4.69) is 17.9 Å². The van der Waals surface area contributed by atoms with Crippen LogP contribution in [-0.4, -0.2) is 5.91 Å². The van der Waals surface area contributed by atoms with Crippen molar-refractivity contribution >= 4 is 18.5 Å². The molecular formula is C13H13NO2S. The molecule has 0 aliphatic carbocycles. The van der Waals surface area contributed by atoms with Gasteiger partial charge in [-0.25, -0.2) is 0 Å². The van der Waals surface area contributed by atoms with Gasteiger partial charge in [0, 0.05) is 10.5 Å². The summed E-state index contributed by atoms with van der Waals surface area (Å²) in [5.74, 6) is 1.47. The number of hydrogen-bond acceptors (Lipinski definition) is 3. The summed E-state index contributed by atoms with van der Waals surface area (Å²) in [6, 6.07) is 10.8. The third-order valence-corrected chi connectivity index (χ3v) is 2.65. The molecule has 17 heavy (non-hydrogen) atoms. The average molecular weight is 247 g/mol. The van der Waals surface area contributed by atoms with E-state index in [1.165, 1.54) is 0 Å². The highest BCUT2D eigenvalue weighted by Gasteiger charge is 2.05. The number of benzene rings is 1. The minimum atomic E-state index is -0.118. The van der Waals surface area contributed by atoms with E-state index in [-0.39, 0.29) is 5.91 Å². The fraction of sp³-hybridized carbons (Fsp3) is 0.154. The number of amides is 1. The minimum absolute atomic E-state index is 0.118. The molecule has 2 rings (SSSR count). The third-order valence-electron chi connectivity index (χ3n) is 2.35. The Labute approximate surface area is 105 Å². The highest BCUT2D eigenvalue weighted by atomic mass is 32.1. The summed E-state index contributed by atoms with van der Waals surface area (Å²) in [4.78, 5) is 12.6. The van der Waals surface area contributed by atoms with Gasteiger partial charge in [-0.2, -0.15) is 0 Å². The maximum absolute atomic E-state index is 11.8. The lowest BCUT2D eigenvalue weighted by atomic mass is 10.2. The van der Waals surface area contributed by atoms with Crippen LogP contribution in [0, 0.1) is 6.92 Å². The molecule has 0 spiro atoms. The second-order valence-corrected chi connectivity index (χ2v) is 4.26. The largest absolute Gasteiger partial charge is 0.465 e. The van der Waals surface area contributed by atoms with E-state index in [1.807, 2.05) is 19.1 Å². The molecule has 2 aromatic rings. The van der Waals surface area contributed by atoms with Crippen LogP contribution < -0.4 is 5.32 Å². The molecule has 0 unspecified atom stereocenters. The van der Waals surface area contributed by atoms with Gasteiger partial charge in [0.25, 0.3) is 5.91 Å². The first kappa shape index (κ1) is 11.8. The normalized spacial score (nSPS) is 10.2. The Kier molecular flexibility index (Phi) is 3.54. The lowest BCUT2D eigenvalue weighted by Crippen LogP contribution is -2.22. The van der Waals surface area contributed by atoms with Crippen molar-refractivity contribution in [3.05, 3.63) is 53.5 Å². The molecule has 0 saturated carbocycles. The lowest BCUT2D eigenvalue weighted by molar-refractivity contribution is 0.0948. The van der Waals surface area contributed by atoms with E-state index < -0.39 is 0 Å². The van der Waals surface area contributed by atoms with Crippen molar-refractivity contribution < 1.29 is 9.21 Å². The summed E-state index contributed by atoms with van der Waals surface area (Å²) in [6.07, 6.45) is 0. The zero-order valence-corrected chi connectivity index (χ0v) is 10.3. The van der Waals surface area contributed by atoms with Gasteiger partial charge in [-0.1, -0.05) is 0 Å². The van der Waals surface area contributed by atoms with Gasteiger partial charge < -0.3 is 9.73 Å². The SMILES string of the molecule is Cc1ccc(CNC(=O)c2ccc(S)cc2)o1. The zero-order chi connectivity index (χ0) is 12.3. The minimum Gasteiger partial charge on any atom is -0.465 e. The second-order valence-electron chi connectivity index (χ2n) is 3.74. The van der Waals surface area contributed by atoms with Crippen molar-refractivity contribution in [3.8, 4) is 0 Å². The van der Waals surface area contributed by atoms with Crippen LogP contribution in [0.15, 0.2) is 45.7 Å². The molecule has 0 saturated heterocycles. The maximum atomic E-state index is 11.8. The Bertz CT molecular complexity index is 516. The third kappa shape index (κ3) is 3.14. The van der Waals surface area contributed by atoms with Gasteiger partial charge in [-0.05, 0) is 43.3 Å². The fourth-order valence-electron chi connectivity index (χ4n) is 1.46. The molecule has 0 bridgehead atoms. The molecule has 3 nitrogen and oxygen atoms in total. The van der Waals surface area contributed by atoms with Crippen molar-refractivity contribution in [1.29, 1.82) is 0 Å². The van der Waals surface area contributed by atoms with E-state index in [9.17, 15) is 4.79 Å². The van der Waals surface area contributed by atoms with E-state index in [4.69, 9.17) is 4.42 Å². The number of thiol groups is 1. The molecule has 1 N–H and O–H groups in total. The van der Waals surface area contributed by atoms with Gasteiger partial charge in [0.2, 0.25) is 0 Å². The predicted molar refractivity (Wildman–Crippen MR) is 68.3 cm³/mol. The average Bonchev–Trinajstić information content (AvgIpc) is 2.73. The van der Waals surface area contributed by atoms with Crippen molar-refractivity contribution in [2.24, 2.45) is 0 Å². The van der Waals surface area contributed by atoms with Crippen LogP contribution in [0.1, 0.15) is 21.9 Å². The van der Waals surface area contributed by atoms with E-state index in [0.717, 1.165) is 16.4 Å². The number of aryl methyl sites for hydroxylation is 1. The Balaban J connectivity index is 1.95. The number of carbonyl (C=O) groups is 1. The molecular weight excluding hydrogens is 234 g/mol. The van der Waals surface area contributed by atoms with Crippen LogP contribution >= 0.6 is 12.6 Å². The quantitative estimate of drug-likeness (QED) is 0.819. The smallest absolute Gasteiger partial charge is 0.251 e. The predicted octanol–water partition coefficient (Wildman–Crippen LogP) is 2.81. The number of hydrogen-bond donors (Lipinski definition) is 2. The van der Waals surface area contributed by atoms with Crippen molar-refractivity contribution in [2.45, 2.75) is 18.4 Å². The van der Waals surface area contributed by atoms with E-state index >= 15 is 0 Å².